The van der Waals surface area contributed by atoms with E-state index in [-0.39, 0.29) is 25.9 Å². The number of unbranched alkanes of at least 4 members (excludes halogenated alkanes) is 33. The predicted molar refractivity (Wildman–Crippen MR) is 331 cm³/mol. The average molecular weight is 1140 g/mol. The molecule has 1 rings (SSSR count). The minimum Gasteiger partial charge on any atom is -0.479 e. The van der Waals surface area contributed by atoms with E-state index in [1.54, 1.807) is 0 Å². The van der Waals surface area contributed by atoms with Crippen molar-refractivity contribution in [1.29, 1.82) is 0 Å². The largest absolute Gasteiger partial charge is 0.479 e. The quantitative estimate of drug-likeness (QED) is 0.0228. The van der Waals surface area contributed by atoms with Crippen LogP contribution in [-0.2, 0) is 42.9 Å². The molecular weight excluding hydrogens is 1020 g/mol. The summed E-state index contributed by atoms with van der Waals surface area (Å²) in [5.74, 6) is -3.16. The number of carbonyl (C=O) groups is 4. The van der Waals surface area contributed by atoms with Gasteiger partial charge in [0.2, 0.25) is 0 Å². The molecule has 0 saturated carbocycles. The molecule has 6 unspecified atom stereocenters. The van der Waals surface area contributed by atoms with Crippen molar-refractivity contribution in [2.24, 2.45) is 0 Å². The van der Waals surface area contributed by atoms with Crippen LogP contribution in [0.15, 0.2) is 60.8 Å². The first-order valence-corrected chi connectivity index (χ1v) is 33.3. The third kappa shape index (κ3) is 46.5. The van der Waals surface area contributed by atoms with E-state index in [0.717, 1.165) is 83.5 Å². The second kappa shape index (κ2) is 56.9. The Morgan fingerprint density at radius 2 is 0.778 bits per heavy atom. The molecule has 12 heteroatoms. The second-order valence-electron chi connectivity index (χ2n) is 22.7. The molecule has 0 aromatic rings. The molecule has 1 fully saturated rings. The first-order chi connectivity index (χ1) is 39.6. The predicted octanol–water partition coefficient (Wildman–Crippen LogP) is 17.9. The molecule has 0 aliphatic carbocycles. The molecule has 0 aromatic carbocycles. The van der Waals surface area contributed by atoms with E-state index in [2.05, 4.69) is 81.5 Å². The van der Waals surface area contributed by atoms with E-state index in [0.29, 0.717) is 25.7 Å². The number of carboxylic acid groups (broad SMARTS) is 1. The number of carboxylic acids is 1. The molecule has 0 radical (unpaired) electrons. The molecule has 1 aliphatic rings. The van der Waals surface area contributed by atoms with Gasteiger partial charge in [-0.15, -0.1) is 0 Å². The fourth-order valence-corrected chi connectivity index (χ4v) is 10.0. The number of hydrogen-bond acceptors (Lipinski definition) is 11. The van der Waals surface area contributed by atoms with Crippen LogP contribution in [0.2, 0.25) is 0 Å². The van der Waals surface area contributed by atoms with Crippen LogP contribution in [0.3, 0.4) is 0 Å². The van der Waals surface area contributed by atoms with E-state index in [4.69, 9.17) is 23.7 Å². The number of ether oxygens (including phenoxy) is 5. The van der Waals surface area contributed by atoms with Crippen molar-refractivity contribution < 1.29 is 58.2 Å². The minimum absolute atomic E-state index is 0.00854. The summed E-state index contributed by atoms with van der Waals surface area (Å²) in [5.41, 5.74) is 0. The first kappa shape index (κ1) is 75.4. The molecule has 81 heavy (non-hydrogen) atoms. The van der Waals surface area contributed by atoms with Crippen LogP contribution in [0.1, 0.15) is 303 Å². The number of carbonyl (C=O) groups excluding carboxylic acids is 3. The molecule has 1 saturated heterocycles. The Hall–Kier alpha value is -3.58. The maximum absolute atomic E-state index is 13.2. The molecule has 6 atom stereocenters. The van der Waals surface area contributed by atoms with Gasteiger partial charge in [-0.05, 0) is 83.5 Å². The summed E-state index contributed by atoms with van der Waals surface area (Å²) >= 11 is 0. The summed E-state index contributed by atoms with van der Waals surface area (Å²) in [4.78, 5) is 51.3. The summed E-state index contributed by atoms with van der Waals surface area (Å²) in [5, 5.41) is 31.6. The van der Waals surface area contributed by atoms with Crippen LogP contribution >= 0.6 is 0 Å². The highest BCUT2D eigenvalue weighted by Crippen LogP contribution is 2.27. The van der Waals surface area contributed by atoms with E-state index < -0.39 is 67.3 Å². The van der Waals surface area contributed by atoms with Crippen molar-refractivity contribution in [2.45, 2.75) is 340 Å². The average Bonchev–Trinajstić information content (AvgIpc) is 3.53. The lowest BCUT2D eigenvalue weighted by molar-refractivity contribution is -0.301. The molecule has 12 nitrogen and oxygen atoms in total. The lowest BCUT2D eigenvalue weighted by Gasteiger charge is -2.40. The molecular formula is C69H120O12. The van der Waals surface area contributed by atoms with Gasteiger partial charge in [-0.3, -0.25) is 14.4 Å². The fourth-order valence-electron chi connectivity index (χ4n) is 10.0. The van der Waals surface area contributed by atoms with Gasteiger partial charge in [-0.2, -0.15) is 0 Å². The number of esters is 3. The molecule has 468 valence electrons. The standard InChI is InChI=1S/C69H120O12/c1-4-7-10-13-16-19-22-25-28-30-31-33-35-37-40-43-46-49-52-55-61(70)77-58-60(79-62(71)56-53-50-47-44-41-39-36-32-29-26-23-20-17-14-11-8-5-2)59-78-69-67(65(74)64(73)66(81-69)68(75)76)80-63(72)57-54-51-48-45-42-38-34-27-24-21-18-15-12-9-6-3/h9,12,18,21,26-27,29,34,42,45,60,64-67,69,73-74H,4-8,10-11,13-17,19-20,22-25,28,30-33,35-41,43-44,46-59H2,1-3H3,(H,75,76)/b12-9-,21-18-,29-26-,34-27-,45-42-. The molecule has 0 bridgehead atoms. The summed E-state index contributed by atoms with van der Waals surface area (Å²) in [6.45, 7) is 5.90. The number of allylic oxidation sites excluding steroid dienone is 10. The van der Waals surface area contributed by atoms with E-state index in [1.165, 1.54) is 154 Å². The number of aliphatic hydroxyl groups is 2. The fraction of sp³-hybridized carbons (Fsp3) is 0.797. The number of rotatable bonds is 57. The summed E-state index contributed by atoms with van der Waals surface area (Å²) in [7, 11) is 0. The highest BCUT2D eigenvalue weighted by molar-refractivity contribution is 5.74. The number of aliphatic hydroxyl groups excluding tert-OH is 2. The van der Waals surface area contributed by atoms with Gasteiger partial charge in [0.1, 0.15) is 18.8 Å². The van der Waals surface area contributed by atoms with Crippen molar-refractivity contribution >= 4 is 23.9 Å². The van der Waals surface area contributed by atoms with Crippen molar-refractivity contribution in [3.8, 4) is 0 Å². The van der Waals surface area contributed by atoms with Gasteiger partial charge in [0, 0.05) is 19.3 Å². The van der Waals surface area contributed by atoms with Crippen LogP contribution in [0.5, 0.6) is 0 Å². The highest BCUT2D eigenvalue weighted by atomic mass is 16.7. The zero-order chi connectivity index (χ0) is 58.9. The Balaban J connectivity index is 2.66. The van der Waals surface area contributed by atoms with Gasteiger partial charge in [-0.25, -0.2) is 4.79 Å². The maximum Gasteiger partial charge on any atom is 0.335 e. The second-order valence-corrected chi connectivity index (χ2v) is 22.7. The molecule has 1 aliphatic heterocycles. The van der Waals surface area contributed by atoms with Crippen molar-refractivity contribution in [1.82, 2.24) is 0 Å². The molecule has 0 spiro atoms. The smallest absolute Gasteiger partial charge is 0.335 e. The van der Waals surface area contributed by atoms with Crippen LogP contribution in [-0.4, -0.2) is 89.2 Å². The summed E-state index contributed by atoms with van der Waals surface area (Å²) in [6, 6.07) is 0. The number of hydrogen-bond donors (Lipinski definition) is 3. The normalized spacial score (nSPS) is 18.1. The van der Waals surface area contributed by atoms with Crippen LogP contribution in [0, 0.1) is 0 Å². The van der Waals surface area contributed by atoms with Gasteiger partial charge >= 0.3 is 23.9 Å². The van der Waals surface area contributed by atoms with Gasteiger partial charge in [0.15, 0.2) is 24.6 Å². The van der Waals surface area contributed by atoms with Gasteiger partial charge in [-0.1, -0.05) is 261 Å². The SMILES string of the molecule is CC/C=C\C/C=C\C/C=C\C/C=C\CCCCC(=O)OC1C(OCC(COC(=O)CCCCCCCCCCCCCCCCCCCCC)OC(=O)CCCCCCCCC/C=C\CCCCCCCC)OC(C(=O)O)C(O)C1O. The van der Waals surface area contributed by atoms with Crippen LogP contribution in [0.4, 0.5) is 0 Å². The highest BCUT2D eigenvalue weighted by Gasteiger charge is 2.50. The van der Waals surface area contributed by atoms with E-state index in [9.17, 15) is 34.5 Å². The Kier molecular flexibility index (Phi) is 53.0. The monoisotopic (exact) mass is 1140 g/mol. The van der Waals surface area contributed by atoms with Gasteiger partial charge < -0.3 is 39.0 Å². The molecule has 1 heterocycles. The van der Waals surface area contributed by atoms with E-state index in [1.807, 2.05) is 0 Å². The number of aliphatic carboxylic acids is 1. The third-order valence-electron chi connectivity index (χ3n) is 15.1. The topological polar surface area (TPSA) is 175 Å². The minimum atomic E-state index is -1.92. The lowest BCUT2D eigenvalue weighted by Crippen LogP contribution is -2.61. The molecule has 0 aromatic heterocycles. The lowest BCUT2D eigenvalue weighted by atomic mass is 9.98. The third-order valence-corrected chi connectivity index (χ3v) is 15.1. The van der Waals surface area contributed by atoms with Crippen molar-refractivity contribution in [2.75, 3.05) is 13.2 Å². The Labute approximate surface area is 494 Å². The zero-order valence-corrected chi connectivity index (χ0v) is 51.8. The van der Waals surface area contributed by atoms with Crippen LogP contribution in [0.25, 0.3) is 0 Å². The van der Waals surface area contributed by atoms with Gasteiger partial charge in [0.05, 0.1) is 6.61 Å². The Morgan fingerprint density at radius 1 is 0.420 bits per heavy atom. The molecule has 0 amide bonds. The Bertz CT molecular complexity index is 1640. The van der Waals surface area contributed by atoms with Crippen molar-refractivity contribution in [3.05, 3.63) is 60.8 Å². The first-order valence-electron chi connectivity index (χ1n) is 33.3. The summed E-state index contributed by atoms with van der Waals surface area (Å²) < 4.78 is 28.5. The van der Waals surface area contributed by atoms with Crippen molar-refractivity contribution in [3.63, 3.8) is 0 Å². The van der Waals surface area contributed by atoms with Crippen LogP contribution < -0.4 is 0 Å². The van der Waals surface area contributed by atoms with E-state index >= 15 is 0 Å². The maximum atomic E-state index is 13.2. The summed E-state index contributed by atoms with van der Waals surface area (Å²) in [6.07, 6.45) is 59.0. The zero-order valence-electron chi connectivity index (χ0n) is 51.8. The Morgan fingerprint density at radius 3 is 1.22 bits per heavy atom. The molecule has 3 N–H and O–H groups in total. The van der Waals surface area contributed by atoms with Gasteiger partial charge in [0.25, 0.3) is 0 Å².